The maximum atomic E-state index is 14.2. The van der Waals surface area contributed by atoms with E-state index in [1.165, 1.54) is 19.3 Å². The van der Waals surface area contributed by atoms with Crippen molar-refractivity contribution in [3.05, 3.63) is 29.6 Å². The molecular formula is C16H25FN2O. The number of hydrogen-bond donors (Lipinski definition) is 1. The predicted octanol–water partition coefficient (Wildman–Crippen LogP) is 2.80. The highest BCUT2D eigenvalue weighted by Gasteiger charge is 2.20. The molecule has 1 aliphatic rings. The van der Waals surface area contributed by atoms with Gasteiger partial charge in [0.15, 0.2) is 0 Å². The van der Waals surface area contributed by atoms with Gasteiger partial charge in [-0.25, -0.2) is 4.39 Å². The molecule has 0 radical (unpaired) electrons. The van der Waals surface area contributed by atoms with Crippen LogP contribution < -0.4 is 10.2 Å². The van der Waals surface area contributed by atoms with Crippen molar-refractivity contribution >= 4 is 5.69 Å². The van der Waals surface area contributed by atoms with Crippen LogP contribution in [-0.2, 0) is 11.3 Å². The highest BCUT2D eigenvalue weighted by molar-refractivity contribution is 5.48. The Hall–Kier alpha value is -1.13. The summed E-state index contributed by atoms with van der Waals surface area (Å²) in [7, 11) is 3.65. The van der Waals surface area contributed by atoms with Gasteiger partial charge in [0.2, 0.25) is 0 Å². The third-order valence-corrected chi connectivity index (χ3v) is 3.99. The van der Waals surface area contributed by atoms with E-state index in [1.54, 1.807) is 13.2 Å². The first-order valence-electron chi connectivity index (χ1n) is 7.40. The second kappa shape index (κ2) is 7.60. The molecule has 0 amide bonds. The number of rotatable bonds is 8. The Labute approximate surface area is 121 Å². The van der Waals surface area contributed by atoms with Crippen LogP contribution >= 0.6 is 0 Å². The average molecular weight is 280 g/mol. The fraction of sp³-hybridized carbons (Fsp3) is 0.625. The van der Waals surface area contributed by atoms with Crippen molar-refractivity contribution < 1.29 is 9.13 Å². The van der Waals surface area contributed by atoms with E-state index in [4.69, 9.17) is 4.74 Å². The lowest BCUT2D eigenvalue weighted by Gasteiger charge is -2.31. The van der Waals surface area contributed by atoms with E-state index in [0.717, 1.165) is 24.6 Å². The van der Waals surface area contributed by atoms with E-state index < -0.39 is 0 Å². The Morgan fingerprint density at radius 1 is 1.40 bits per heavy atom. The van der Waals surface area contributed by atoms with Gasteiger partial charge in [0, 0.05) is 33.8 Å². The minimum Gasteiger partial charge on any atom is -0.383 e. The number of methoxy groups -OCH3 is 1. The number of nitrogens with zero attached hydrogens (tertiary/aromatic N) is 1. The van der Waals surface area contributed by atoms with Gasteiger partial charge in [0.25, 0.3) is 0 Å². The Bertz CT molecular complexity index is 421. The van der Waals surface area contributed by atoms with Crippen molar-refractivity contribution in [1.82, 2.24) is 5.32 Å². The molecule has 1 fully saturated rings. The lowest BCUT2D eigenvalue weighted by molar-refractivity contribution is 0.199. The highest BCUT2D eigenvalue weighted by atomic mass is 19.1. The lowest BCUT2D eigenvalue weighted by atomic mass is 9.85. The van der Waals surface area contributed by atoms with Crippen molar-refractivity contribution in [2.45, 2.75) is 25.8 Å². The SMILES string of the molecule is COCCNCc1ccc(N(C)CC2CCC2)c(F)c1. The molecule has 112 valence electrons. The molecule has 1 aromatic carbocycles. The maximum Gasteiger partial charge on any atom is 0.146 e. The van der Waals surface area contributed by atoms with Crippen LogP contribution in [-0.4, -0.2) is 33.9 Å². The third-order valence-electron chi connectivity index (χ3n) is 3.99. The summed E-state index contributed by atoms with van der Waals surface area (Å²) in [5, 5.41) is 3.22. The molecule has 1 aromatic rings. The van der Waals surface area contributed by atoms with Crippen molar-refractivity contribution in [3.63, 3.8) is 0 Å². The summed E-state index contributed by atoms with van der Waals surface area (Å²) in [6, 6.07) is 5.52. The summed E-state index contributed by atoms with van der Waals surface area (Å²) in [6.07, 6.45) is 3.90. The summed E-state index contributed by atoms with van der Waals surface area (Å²) >= 11 is 0. The number of benzene rings is 1. The van der Waals surface area contributed by atoms with Crippen LogP contribution in [0.2, 0.25) is 0 Å². The van der Waals surface area contributed by atoms with E-state index in [9.17, 15) is 4.39 Å². The van der Waals surface area contributed by atoms with Crippen molar-refractivity contribution in [2.75, 3.05) is 38.8 Å². The van der Waals surface area contributed by atoms with Gasteiger partial charge in [0.1, 0.15) is 5.82 Å². The fourth-order valence-corrected chi connectivity index (χ4v) is 2.54. The molecule has 1 aliphatic carbocycles. The number of nitrogens with one attached hydrogen (secondary N) is 1. The van der Waals surface area contributed by atoms with Gasteiger partial charge in [0.05, 0.1) is 12.3 Å². The molecule has 0 aliphatic heterocycles. The molecule has 0 unspecified atom stereocenters. The van der Waals surface area contributed by atoms with E-state index in [-0.39, 0.29) is 5.82 Å². The molecule has 3 nitrogen and oxygen atoms in total. The van der Waals surface area contributed by atoms with Crippen LogP contribution in [0.3, 0.4) is 0 Å². The Balaban J connectivity index is 1.87. The Morgan fingerprint density at radius 3 is 2.80 bits per heavy atom. The average Bonchev–Trinajstić information content (AvgIpc) is 2.39. The summed E-state index contributed by atoms with van der Waals surface area (Å²) in [6.45, 7) is 3.08. The standard InChI is InChI=1S/C16H25FN2O/c1-19(12-13-4-3-5-13)16-7-6-14(10-15(16)17)11-18-8-9-20-2/h6-7,10,13,18H,3-5,8-9,11-12H2,1-2H3. The first kappa shape index (κ1) is 15.3. The second-order valence-electron chi connectivity index (χ2n) is 5.63. The van der Waals surface area contributed by atoms with Crippen LogP contribution in [0.5, 0.6) is 0 Å². The minimum absolute atomic E-state index is 0.127. The number of halogens is 1. The van der Waals surface area contributed by atoms with E-state index in [1.807, 2.05) is 24.1 Å². The van der Waals surface area contributed by atoms with Crippen molar-refractivity contribution in [1.29, 1.82) is 0 Å². The van der Waals surface area contributed by atoms with Crippen molar-refractivity contribution in [2.24, 2.45) is 5.92 Å². The molecule has 0 aromatic heterocycles. The monoisotopic (exact) mass is 280 g/mol. The minimum atomic E-state index is -0.127. The van der Waals surface area contributed by atoms with Crippen LogP contribution in [0.4, 0.5) is 10.1 Å². The third kappa shape index (κ3) is 4.18. The normalized spacial score (nSPS) is 15.2. The summed E-state index contributed by atoms with van der Waals surface area (Å²) in [5.74, 6) is 0.618. The van der Waals surface area contributed by atoms with Gasteiger partial charge in [-0.3, -0.25) is 0 Å². The number of hydrogen-bond acceptors (Lipinski definition) is 3. The van der Waals surface area contributed by atoms with Crippen molar-refractivity contribution in [3.8, 4) is 0 Å². The molecule has 0 heterocycles. The van der Waals surface area contributed by atoms with E-state index in [2.05, 4.69) is 5.32 Å². The molecule has 0 atom stereocenters. The molecule has 0 saturated heterocycles. The summed E-state index contributed by atoms with van der Waals surface area (Å²) in [5.41, 5.74) is 1.68. The zero-order valence-corrected chi connectivity index (χ0v) is 12.5. The van der Waals surface area contributed by atoms with E-state index >= 15 is 0 Å². The van der Waals surface area contributed by atoms with E-state index in [0.29, 0.717) is 18.8 Å². The fourth-order valence-electron chi connectivity index (χ4n) is 2.54. The molecule has 2 rings (SSSR count). The van der Waals surface area contributed by atoms with Gasteiger partial charge in [-0.2, -0.15) is 0 Å². The Morgan fingerprint density at radius 2 is 2.20 bits per heavy atom. The summed E-state index contributed by atoms with van der Waals surface area (Å²) in [4.78, 5) is 2.04. The molecule has 0 bridgehead atoms. The summed E-state index contributed by atoms with van der Waals surface area (Å²) < 4.78 is 19.1. The maximum absolute atomic E-state index is 14.2. The largest absolute Gasteiger partial charge is 0.383 e. The van der Waals surface area contributed by atoms with Crippen LogP contribution in [0.15, 0.2) is 18.2 Å². The molecule has 0 spiro atoms. The van der Waals surface area contributed by atoms with Crippen LogP contribution in [0.1, 0.15) is 24.8 Å². The van der Waals surface area contributed by atoms with Crippen LogP contribution in [0, 0.1) is 11.7 Å². The predicted molar refractivity (Wildman–Crippen MR) is 80.6 cm³/mol. The number of ether oxygens (including phenoxy) is 1. The van der Waals surface area contributed by atoms with Gasteiger partial charge in [-0.15, -0.1) is 0 Å². The zero-order chi connectivity index (χ0) is 14.4. The molecule has 20 heavy (non-hydrogen) atoms. The van der Waals surface area contributed by atoms with Gasteiger partial charge >= 0.3 is 0 Å². The molecule has 1 saturated carbocycles. The van der Waals surface area contributed by atoms with Gasteiger partial charge < -0.3 is 15.0 Å². The zero-order valence-electron chi connectivity index (χ0n) is 12.5. The topological polar surface area (TPSA) is 24.5 Å². The highest BCUT2D eigenvalue weighted by Crippen LogP contribution is 2.29. The quantitative estimate of drug-likeness (QED) is 0.741. The first-order valence-corrected chi connectivity index (χ1v) is 7.40. The lowest BCUT2D eigenvalue weighted by Crippen LogP contribution is -2.29. The van der Waals surface area contributed by atoms with Gasteiger partial charge in [-0.1, -0.05) is 12.5 Å². The van der Waals surface area contributed by atoms with Crippen LogP contribution in [0.25, 0.3) is 0 Å². The second-order valence-corrected chi connectivity index (χ2v) is 5.63. The number of anilines is 1. The molecule has 1 N–H and O–H groups in total. The Kier molecular flexibility index (Phi) is 5.80. The first-order chi connectivity index (χ1) is 9.70. The van der Waals surface area contributed by atoms with Gasteiger partial charge in [-0.05, 0) is 36.5 Å². The smallest absolute Gasteiger partial charge is 0.146 e. The molecular weight excluding hydrogens is 255 g/mol. The molecule has 4 heteroatoms.